The molecule has 0 saturated carbocycles. The zero-order chi connectivity index (χ0) is 21.6. The maximum absolute atomic E-state index is 12.9. The second-order valence-electron chi connectivity index (χ2n) is 7.17. The van der Waals surface area contributed by atoms with Crippen LogP contribution in [0.25, 0.3) is 0 Å². The van der Waals surface area contributed by atoms with Gasteiger partial charge >= 0.3 is 5.69 Å². The van der Waals surface area contributed by atoms with E-state index in [0.29, 0.717) is 26.2 Å². The number of nitro benzene ring substituents is 1. The van der Waals surface area contributed by atoms with E-state index in [1.807, 2.05) is 16.9 Å². The van der Waals surface area contributed by atoms with Gasteiger partial charge < -0.3 is 9.64 Å². The van der Waals surface area contributed by atoms with Gasteiger partial charge in [-0.25, -0.2) is 8.42 Å². The lowest BCUT2D eigenvalue weighted by atomic mass is 10.2. The highest BCUT2D eigenvalue weighted by atomic mass is 32.2. The minimum Gasteiger partial charge on any atom is -0.490 e. The fraction of sp³-hybridized carbons (Fsp3) is 0.526. The molecule has 30 heavy (non-hydrogen) atoms. The average Bonchev–Trinajstić information content (AvgIpc) is 3.27. The van der Waals surface area contributed by atoms with Crippen LogP contribution in [0.2, 0.25) is 0 Å². The van der Waals surface area contributed by atoms with Crippen LogP contribution in [0.1, 0.15) is 19.3 Å². The molecule has 164 valence electrons. The first-order valence-corrected chi connectivity index (χ1v) is 11.4. The van der Waals surface area contributed by atoms with E-state index < -0.39 is 14.9 Å². The summed E-state index contributed by atoms with van der Waals surface area (Å²) in [7, 11) is -2.47. The van der Waals surface area contributed by atoms with Crippen molar-refractivity contribution < 1.29 is 18.1 Å². The molecule has 0 amide bonds. The first kappa shape index (κ1) is 22.2. The summed E-state index contributed by atoms with van der Waals surface area (Å²) in [4.78, 5) is 12.7. The number of hydrogen-bond acceptors (Lipinski definition) is 7. The number of unbranched alkanes of at least 4 members (excludes halogenated alkanes) is 2. The van der Waals surface area contributed by atoms with Gasteiger partial charge in [0.1, 0.15) is 0 Å². The van der Waals surface area contributed by atoms with E-state index in [9.17, 15) is 18.5 Å². The molecule has 1 aromatic carbocycles. The lowest BCUT2D eigenvalue weighted by Gasteiger charge is -2.34. The maximum atomic E-state index is 12.9. The predicted molar refractivity (Wildman–Crippen MR) is 111 cm³/mol. The molecular formula is C19H27N5O5S. The number of piperazine rings is 1. The molecule has 2 heterocycles. The Morgan fingerprint density at radius 3 is 2.50 bits per heavy atom. The second kappa shape index (κ2) is 10.0. The molecule has 0 bridgehead atoms. The SMILES string of the molecule is COc1ccc(S(=O)(=O)N2CCN(CCCCCn3cccn3)CC2)cc1[N+](=O)[O-]. The summed E-state index contributed by atoms with van der Waals surface area (Å²) in [5.74, 6) is 0.0383. The van der Waals surface area contributed by atoms with E-state index in [2.05, 4.69) is 10.00 Å². The van der Waals surface area contributed by atoms with Gasteiger partial charge in [-0.05, 0) is 37.6 Å². The third kappa shape index (κ3) is 5.35. The standard InChI is InChI=1S/C19H27N5O5S/c1-29-19-7-6-17(16-18(19)24(25)26)30(27,28)23-14-12-21(13-15-23)9-3-2-4-10-22-11-5-8-20-22/h5-8,11,16H,2-4,9-10,12-15H2,1H3. The van der Waals surface area contributed by atoms with E-state index in [0.717, 1.165) is 38.4 Å². The van der Waals surface area contributed by atoms with E-state index in [-0.39, 0.29) is 16.3 Å². The molecule has 1 saturated heterocycles. The molecule has 1 aliphatic rings. The van der Waals surface area contributed by atoms with E-state index >= 15 is 0 Å². The molecule has 0 unspecified atom stereocenters. The van der Waals surface area contributed by atoms with Crippen LogP contribution in [0.5, 0.6) is 5.75 Å². The summed E-state index contributed by atoms with van der Waals surface area (Å²) in [6.45, 7) is 3.88. The molecule has 3 rings (SSSR count). The summed E-state index contributed by atoms with van der Waals surface area (Å²) < 4.78 is 34.1. The predicted octanol–water partition coefficient (Wildman–Crippen LogP) is 1.98. The van der Waals surface area contributed by atoms with Crippen molar-refractivity contribution in [2.24, 2.45) is 0 Å². The topological polar surface area (TPSA) is 111 Å². The summed E-state index contributed by atoms with van der Waals surface area (Å²) in [5, 5.41) is 15.4. The van der Waals surface area contributed by atoms with Crippen molar-refractivity contribution in [1.29, 1.82) is 0 Å². The monoisotopic (exact) mass is 437 g/mol. The molecular weight excluding hydrogens is 410 g/mol. The Balaban J connectivity index is 1.49. The molecule has 0 N–H and O–H groups in total. The smallest absolute Gasteiger partial charge is 0.312 e. The highest BCUT2D eigenvalue weighted by Gasteiger charge is 2.30. The minimum absolute atomic E-state index is 0.0383. The number of benzene rings is 1. The van der Waals surface area contributed by atoms with Crippen molar-refractivity contribution in [3.05, 3.63) is 46.8 Å². The fourth-order valence-electron chi connectivity index (χ4n) is 3.53. The number of ether oxygens (including phenoxy) is 1. The quantitative estimate of drug-likeness (QED) is 0.317. The van der Waals surface area contributed by atoms with Gasteiger partial charge in [0.15, 0.2) is 5.75 Å². The van der Waals surface area contributed by atoms with Gasteiger partial charge in [0.05, 0.1) is 16.9 Å². The Hall–Kier alpha value is -2.50. The maximum Gasteiger partial charge on any atom is 0.312 e. The number of aromatic nitrogens is 2. The van der Waals surface area contributed by atoms with E-state index in [1.165, 1.54) is 23.5 Å². The summed E-state index contributed by atoms with van der Waals surface area (Å²) >= 11 is 0. The number of sulfonamides is 1. The molecule has 1 aliphatic heterocycles. The van der Waals surface area contributed by atoms with E-state index in [4.69, 9.17) is 4.74 Å². The van der Waals surface area contributed by atoms with Gasteiger partial charge in [0, 0.05) is 51.2 Å². The summed E-state index contributed by atoms with van der Waals surface area (Å²) in [6.07, 6.45) is 6.94. The molecule has 1 fully saturated rings. The first-order valence-electron chi connectivity index (χ1n) is 9.94. The molecule has 10 nitrogen and oxygen atoms in total. The van der Waals surface area contributed by atoms with Gasteiger partial charge in [-0.3, -0.25) is 14.8 Å². The Kier molecular flexibility index (Phi) is 7.40. The van der Waals surface area contributed by atoms with Crippen LogP contribution in [-0.2, 0) is 16.6 Å². The Morgan fingerprint density at radius 2 is 1.87 bits per heavy atom. The van der Waals surface area contributed by atoms with Crippen molar-refractivity contribution in [3.8, 4) is 5.75 Å². The number of nitro groups is 1. The number of methoxy groups -OCH3 is 1. The number of aryl methyl sites for hydroxylation is 1. The fourth-order valence-corrected chi connectivity index (χ4v) is 4.98. The lowest BCUT2D eigenvalue weighted by molar-refractivity contribution is -0.386. The highest BCUT2D eigenvalue weighted by Crippen LogP contribution is 2.30. The Bertz CT molecular complexity index is 940. The first-order chi connectivity index (χ1) is 14.4. The summed E-state index contributed by atoms with van der Waals surface area (Å²) in [6, 6.07) is 5.66. The largest absolute Gasteiger partial charge is 0.490 e. The van der Waals surface area contributed by atoms with Crippen molar-refractivity contribution in [2.45, 2.75) is 30.7 Å². The number of nitrogens with zero attached hydrogens (tertiary/aromatic N) is 5. The molecule has 0 spiro atoms. The van der Waals surface area contributed by atoms with Crippen LogP contribution in [0.3, 0.4) is 0 Å². The van der Waals surface area contributed by atoms with Crippen molar-refractivity contribution in [2.75, 3.05) is 39.8 Å². The van der Waals surface area contributed by atoms with Crippen LogP contribution >= 0.6 is 0 Å². The Morgan fingerprint density at radius 1 is 1.13 bits per heavy atom. The molecule has 11 heteroatoms. The van der Waals surface area contributed by atoms with Crippen LogP contribution < -0.4 is 4.74 Å². The molecule has 2 aromatic rings. The van der Waals surface area contributed by atoms with Gasteiger partial charge in [0.25, 0.3) is 0 Å². The van der Waals surface area contributed by atoms with Crippen LogP contribution in [-0.4, -0.2) is 72.2 Å². The van der Waals surface area contributed by atoms with Crippen molar-refractivity contribution in [3.63, 3.8) is 0 Å². The Labute approximate surface area is 176 Å². The van der Waals surface area contributed by atoms with Crippen LogP contribution in [0.15, 0.2) is 41.6 Å². The van der Waals surface area contributed by atoms with Gasteiger partial charge in [-0.15, -0.1) is 0 Å². The van der Waals surface area contributed by atoms with Crippen LogP contribution in [0.4, 0.5) is 5.69 Å². The zero-order valence-corrected chi connectivity index (χ0v) is 17.8. The third-order valence-corrected chi connectivity index (χ3v) is 7.13. The van der Waals surface area contributed by atoms with Crippen molar-refractivity contribution in [1.82, 2.24) is 19.0 Å². The van der Waals surface area contributed by atoms with Gasteiger partial charge in [-0.2, -0.15) is 9.40 Å². The average molecular weight is 438 g/mol. The number of hydrogen-bond donors (Lipinski definition) is 0. The van der Waals surface area contributed by atoms with E-state index in [1.54, 1.807) is 6.20 Å². The highest BCUT2D eigenvalue weighted by molar-refractivity contribution is 7.89. The molecule has 1 aromatic heterocycles. The van der Waals surface area contributed by atoms with Crippen LogP contribution in [0, 0.1) is 10.1 Å². The third-order valence-electron chi connectivity index (χ3n) is 5.24. The normalized spacial score (nSPS) is 15.9. The zero-order valence-electron chi connectivity index (χ0n) is 17.0. The molecule has 0 radical (unpaired) electrons. The minimum atomic E-state index is -3.78. The molecule has 0 atom stereocenters. The van der Waals surface area contributed by atoms with Gasteiger partial charge in [-0.1, -0.05) is 6.42 Å². The van der Waals surface area contributed by atoms with Gasteiger partial charge in [0.2, 0.25) is 10.0 Å². The number of rotatable bonds is 10. The molecule has 0 aliphatic carbocycles. The van der Waals surface area contributed by atoms with Crippen molar-refractivity contribution >= 4 is 15.7 Å². The second-order valence-corrected chi connectivity index (χ2v) is 9.10. The lowest BCUT2D eigenvalue weighted by Crippen LogP contribution is -2.48. The summed E-state index contributed by atoms with van der Waals surface area (Å²) in [5.41, 5.74) is -0.354.